The first kappa shape index (κ1) is 12.0. The smallest absolute Gasteiger partial charge is 0.254 e. The first-order valence-electron chi connectivity index (χ1n) is 5.93. The Kier molecular flexibility index (Phi) is 3.71. The van der Waals surface area contributed by atoms with Crippen LogP contribution in [0, 0.1) is 11.6 Å². The Morgan fingerprint density at radius 2 is 1.88 bits per heavy atom. The fourth-order valence-electron chi connectivity index (χ4n) is 2.19. The molecule has 0 heterocycles. The summed E-state index contributed by atoms with van der Waals surface area (Å²) in [5, 5.41) is 2.76. The van der Waals surface area contributed by atoms with Gasteiger partial charge < -0.3 is 5.32 Å². The second kappa shape index (κ2) is 5.25. The molecule has 0 spiro atoms. The van der Waals surface area contributed by atoms with E-state index in [2.05, 4.69) is 5.32 Å². The largest absolute Gasteiger partial charge is 0.349 e. The van der Waals surface area contributed by atoms with Crippen LogP contribution in [0.3, 0.4) is 0 Å². The Morgan fingerprint density at radius 3 is 2.59 bits per heavy atom. The van der Waals surface area contributed by atoms with Crippen molar-refractivity contribution in [3.63, 3.8) is 0 Å². The van der Waals surface area contributed by atoms with E-state index in [4.69, 9.17) is 0 Å². The van der Waals surface area contributed by atoms with Gasteiger partial charge in [-0.05, 0) is 25.0 Å². The molecule has 0 radical (unpaired) electrons. The topological polar surface area (TPSA) is 29.1 Å². The highest BCUT2D eigenvalue weighted by Gasteiger charge is 2.19. The molecule has 1 saturated carbocycles. The number of halogens is 2. The van der Waals surface area contributed by atoms with Crippen molar-refractivity contribution in [1.29, 1.82) is 0 Å². The van der Waals surface area contributed by atoms with Gasteiger partial charge in [0.15, 0.2) is 11.6 Å². The molecule has 0 aliphatic heterocycles. The highest BCUT2D eigenvalue weighted by Crippen LogP contribution is 2.18. The van der Waals surface area contributed by atoms with Crippen molar-refractivity contribution in [2.45, 2.75) is 38.1 Å². The summed E-state index contributed by atoms with van der Waals surface area (Å²) in [7, 11) is 0. The summed E-state index contributed by atoms with van der Waals surface area (Å²) in [6, 6.07) is 3.75. The molecule has 0 aromatic heterocycles. The molecule has 92 valence electrons. The van der Waals surface area contributed by atoms with Gasteiger partial charge in [-0.3, -0.25) is 4.79 Å². The zero-order valence-electron chi connectivity index (χ0n) is 9.51. The summed E-state index contributed by atoms with van der Waals surface area (Å²) in [6.07, 6.45) is 5.18. The lowest BCUT2D eigenvalue weighted by molar-refractivity contribution is 0.0922. The number of carbonyl (C=O) groups is 1. The third kappa shape index (κ3) is 2.81. The van der Waals surface area contributed by atoms with Crippen LogP contribution in [0.5, 0.6) is 0 Å². The monoisotopic (exact) mass is 239 g/mol. The average molecular weight is 239 g/mol. The fraction of sp³-hybridized carbons (Fsp3) is 0.462. The van der Waals surface area contributed by atoms with E-state index in [0.717, 1.165) is 31.7 Å². The van der Waals surface area contributed by atoms with E-state index in [1.165, 1.54) is 18.6 Å². The van der Waals surface area contributed by atoms with Crippen LogP contribution in [0.15, 0.2) is 18.2 Å². The van der Waals surface area contributed by atoms with Crippen molar-refractivity contribution < 1.29 is 13.6 Å². The highest BCUT2D eigenvalue weighted by atomic mass is 19.2. The SMILES string of the molecule is O=C(NC1CCCCC1)c1cccc(F)c1F. The van der Waals surface area contributed by atoms with Gasteiger partial charge in [0, 0.05) is 6.04 Å². The molecule has 0 saturated heterocycles. The van der Waals surface area contributed by atoms with Crippen LogP contribution in [0.1, 0.15) is 42.5 Å². The minimum absolute atomic E-state index is 0.0962. The number of nitrogens with one attached hydrogen (secondary N) is 1. The van der Waals surface area contributed by atoms with Crippen LogP contribution in [-0.2, 0) is 0 Å². The number of amides is 1. The molecule has 1 aromatic rings. The van der Waals surface area contributed by atoms with E-state index in [1.54, 1.807) is 0 Å². The number of hydrogen-bond acceptors (Lipinski definition) is 1. The van der Waals surface area contributed by atoms with Crippen molar-refractivity contribution in [2.24, 2.45) is 0 Å². The molecule has 0 unspecified atom stereocenters. The third-order valence-corrected chi connectivity index (χ3v) is 3.14. The molecule has 1 aliphatic carbocycles. The lowest BCUT2D eigenvalue weighted by atomic mass is 9.95. The Hall–Kier alpha value is -1.45. The maximum absolute atomic E-state index is 13.4. The van der Waals surface area contributed by atoms with E-state index in [1.807, 2.05) is 0 Å². The van der Waals surface area contributed by atoms with E-state index in [0.29, 0.717) is 0 Å². The molecular formula is C13H15F2NO. The molecule has 4 heteroatoms. The number of carbonyl (C=O) groups excluding carboxylic acids is 1. The molecule has 1 amide bonds. The minimum atomic E-state index is -1.07. The molecule has 1 fully saturated rings. The van der Waals surface area contributed by atoms with Crippen molar-refractivity contribution in [3.05, 3.63) is 35.4 Å². The summed E-state index contributed by atoms with van der Waals surface area (Å²) in [5.74, 6) is -2.57. The van der Waals surface area contributed by atoms with Crippen LogP contribution in [-0.4, -0.2) is 11.9 Å². The van der Waals surface area contributed by atoms with E-state index >= 15 is 0 Å². The summed E-state index contributed by atoms with van der Waals surface area (Å²) in [5.41, 5.74) is -0.212. The Labute approximate surface area is 99.0 Å². The summed E-state index contributed by atoms with van der Waals surface area (Å²) >= 11 is 0. The van der Waals surface area contributed by atoms with E-state index in [9.17, 15) is 13.6 Å². The zero-order chi connectivity index (χ0) is 12.3. The minimum Gasteiger partial charge on any atom is -0.349 e. The van der Waals surface area contributed by atoms with Gasteiger partial charge in [0.05, 0.1) is 5.56 Å². The quantitative estimate of drug-likeness (QED) is 0.844. The molecule has 1 aromatic carbocycles. The standard InChI is InChI=1S/C13H15F2NO/c14-11-8-4-7-10(12(11)15)13(17)16-9-5-2-1-3-6-9/h4,7-9H,1-3,5-6H2,(H,16,17). The van der Waals surface area contributed by atoms with Gasteiger partial charge >= 0.3 is 0 Å². The second-order valence-corrected chi connectivity index (χ2v) is 4.41. The van der Waals surface area contributed by atoms with Crippen LogP contribution in [0.25, 0.3) is 0 Å². The Morgan fingerprint density at radius 1 is 1.18 bits per heavy atom. The molecule has 1 N–H and O–H groups in total. The van der Waals surface area contributed by atoms with Gasteiger partial charge in [-0.1, -0.05) is 25.3 Å². The third-order valence-electron chi connectivity index (χ3n) is 3.14. The van der Waals surface area contributed by atoms with E-state index < -0.39 is 17.5 Å². The first-order chi connectivity index (χ1) is 8.18. The summed E-state index contributed by atoms with van der Waals surface area (Å²) in [4.78, 5) is 11.8. The normalized spacial score (nSPS) is 16.8. The number of rotatable bonds is 2. The molecular weight excluding hydrogens is 224 g/mol. The van der Waals surface area contributed by atoms with E-state index in [-0.39, 0.29) is 11.6 Å². The second-order valence-electron chi connectivity index (χ2n) is 4.41. The molecule has 1 aliphatic rings. The maximum Gasteiger partial charge on any atom is 0.254 e. The summed E-state index contributed by atoms with van der Waals surface area (Å²) in [6.45, 7) is 0. The fourth-order valence-corrected chi connectivity index (χ4v) is 2.19. The van der Waals surface area contributed by atoms with Gasteiger partial charge in [-0.25, -0.2) is 8.78 Å². The number of hydrogen-bond donors (Lipinski definition) is 1. The van der Waals surface area contributed by atoms with Gasteiger partial charge in [0.2, 0.25) is 0 Å². The first-order valence-corrected chi connectivity index (χ1v) is 5.93. The van der Waals surface area contributed by atoms with Gasteiger partial charge in [-0.15, -0.1) is 0 Å². The Bertz CT molecular complexity index is 414. The predicted octanol–water partition coefficient (Wildman–Crippen LogP) is 3.03. The van der Waals surface area contributed by atoms with Crippen molar-refractivity contribution in [3.8, 4) is 0 Å². The number of benzene rings is 1. The van der Waals surface area contributed by atoms with Gasteiger partial charge in [0.1, 0.15) is 0 Å². The average Bonchev–Trinajstić information content (AvgIpc) is 2.34. The van der Waals surface area contributed by atoms with Gasteiger partial charge in [-0.2, -0.15) is 0 Å². The van der Waals surface area contributed by atoms with Crippen molar-refractivity contribution in [1.82, 2.24) is 5.32 Å². The Balaban J connectivity index is 2.06. The lowest BCUT2D eigenvalue weighted by Gasteiger charge is -2.22. The van der Waals surface area contributed by atoms with Crippen LogP contribution in [0.2, 0.25) is 0 Å². The van der Waals surface area contributed by atoms with Crippen LogP contribution < -0.4 is 5.32 Å². The van der Waals surface area contributed by atoms with Crippen LogP contribution >= 0.6 is 0 Å². The maximum atomic E-state index is 13.4. The molecule has 2 rings (SSSR count). The molecule has 2 nitrogen and oxygen atoms in total. The zero-order valence-corrected chi connectivity index (χ0v) is 9.51. The summed E-state index contributed by atoms with van der Waals surface area (Å²) < 4.78 is 26.3. The van der Waals surface area contributed by atoms with Gasteiger partial charge in [0.25, 0.3) is 5.91 Å². The van der Waals surface area contributed by atoms with Crippen molar-refractivity contribution >= 4 is 5.91 Å². The molecule has 17 heavy (non-hydrogen) atoms. The lowest BCUT2D eigenvalue weighted by Crippen LogP contribution is -2.36. The molecule has 0 atom stereocenters. The van der Waals surface area contributed by atoms with Crippen LogP contribution in [0.4, 0.5) is 8.78 Å². The van der Waals surface area contributed by atoms with Crippen molar-refractivity contribution in [2.75, 3.05) is 0 Å². The molecule has 0 bridgehead atoms. The predicted molar refractivity (Wildman–Crippen MR) is 60.7 cm³/mol. The highest BCUT2D eigenvalue weighted by molar-refractivity contribution is 5.94.